The summed E-state index contributed by atoms with van der Waals surface area (Å²) in [6.45, 7) is 7.46. The summed E-state index contributed by atoms with van der Waals surface area (Å²) in [5.74, 6) is 0.681. The van der Waals surface area contributed by atoms with Crippen LogP contribution in [0.2, 0.25) is 0 Å². The smallest absolute Gasteiger partial charge is 0.226 e. The quantitative estimate of drug-likeness (QED) is 0.799. The van der Waals surface area contributed by atoms with Crippen LogP contribution in [-0.4, -0.2) is 70.9 Å². The molecule has 3 aliphatic rings. The lowest BCUT2D eigenvalue weighted by atomic mass is 9.92. The third-order valence-electron chi connectivity index (χ3n) is 6.92. The number of hydrogen-bond donors (Lipinski definition) is 0. The number of amides is 1. The lowest BCUT2D eigenvalue weighted by Crippen LogP contribution is -2.51. The number of piperidine rings is 2. The van der Waals surface area contributed by atoms with Crippen molar-refractivity contribution in [2.75, 3.05) is 39.3 Å². The predicted molar refractivity (Wildman–Crippen MR) is 112 cm³/mol. The lowest BCUT2D eigenvalue weighted by Gasteiger charge is -2.42. The first-order valence-electron chi connectivity index (χ1n) is 11.4. The van der Waals surface area contributed by atoms with Gasteiger partial charge in [-0.2, -0.15) is 0 Å². The fraction of sp³-hybridized carbons (Fsp3) is 0.739. The number of rotatable bonds is 4. The number of carbonyl (C=O) groups is 1. The normalized spacial score (nSPS) is 26.1. The van der Waals surface area contributed by atoms with E-state index in [-0.39, 0.29) is 5.92 Å². The second-order valence-electron chi connectivity index (χ2n) is 8.94. The van der Waals surface area contributed by atoms with Gasteiger partial charge in [0.2, 0.25) is 5.91 Å². The summed E-state index contributed by atoms with van der Waals surface area (Å²) < 4.78 is 0. The number of hydrogen-bond acceptors (Lipinski definition) is 4. The molecule has 0 aromatic carbocycles. The number of nitrogens with zero attached hydrogens (tertiary/aromatic N) is 4. The molecule has 154 valence electrons. The molecule has 3 fully saturated rings. The fourth-order valence-corrected chi connectivity index (χ4v) is 5.28. The highest BCUT2D eigenvalue weighted by Crippen LogP contribution is 2.26. The molecule has 0 bridgehead atoms. The Morgan fingerprint density at radius 2 is 1.75 bits per heavy atom. The van der Waals surface area contributed by atoms with E-state index in [0.717, 1.165) is 45.7 Å². The Morgan fingerprint density at radius 3 is 2.46 bits per heavy atom. The average molecular weight is 385 g/mol. The minimum Gasteiger partial charge on any atom is -0.342 e. The van der Waals surface area contributed by atoms with Crippen molar-refractivity contribution in [1.29, 1.82) is 0 Å². The largest absolute Gasteiger partial charge is 0.342 e. The maximum absolute atomic E-state index is 13.1. The highest BCUT2D eigenvalue weighted by atomic mass is 16.2. The molecule has 0 N–H and O–H groups in total. The molecule has 1 aromatic rings. The molecular weight excluding hydrogens is 348 g/mol. The van der Waals surface area contributed by atoms with Crippen molar-refractivity contribution in [2.45, 2.75) is 64.0 Å². The van der Waals surface area contributed by atoms with Crippen LogP contribution in [0.4, 0.5) is 0 Å². The van der Waals surface area contributed by atoms with Crippen molar-refractivity contribution in [3.63, 3.8) is 0 Å². The van der Waals surface area contributed by atoms with E-state index in [4.69, 9.17) is 0 Å². The van der Waals surface area contributed by atoms with Crippen molar-refractivity contribution in [3.8, 4) is 0 Å². The molecule has 4 heterocycles. The molecule has 0 spiro atoms. The summed E-state index contributed by atoms with van der Waals surface area (Å²) in [6.07, 6.45) is 13.5. The predicted octanol–water partition coefficient (Wildman–Crippen LogP) is 3.16. The molecule has 28 heavy (non-hydrogen) atoms. The first-order valence-corrected chi connectivity index (χ1v) is 11.4. The second kappa shape index (κ2) is 9.84. The van der Waals surface area contributed by atoms with Gasteiger partial charge in [0.1, 0.15) is 0 Å². The molecule has 1 unspecified atom stereocenters. The molecule has 1 amide bonds. The van der Waals surface area contributed by atoms with Crippen molar-refractivity contribution in [1.82, 2.24) is 19.7 Å². The zero-order chi connectivity index (χ0) is 19.2. The summed E-state index contributed by atoms with van der Waals surface area (Å²) in [6, 6.07) is 4.85. The van der Waals surface area contributed by atoms with Gasteiger partial charge in [0.25, 0.3) is 0 Å². The van der Waals surface area contributed by atoms with E-state index < -0.39 is 0 Å². The molecule has 4 rings (SSSR count). The van der Waals surface area contributed by atoms with Crippen LogP contribution in [-0.2, 0) is 11.3 Å². The monoisotopic (exact) mass is 384 g/mol. The number of aromatic nitrogens is 1. The van der Waals surface area contributed by atoms with Crippen LogP contribution >= 0.6 is 0 Å². The Bertz CT molecular complexity index is 606. The third kappa shape index (κ3) is 5.12. The summed E-state index contributed by atoms with van der Waals surface area (Å²) in [5.41, 5.74) is 1.31. The van der Waals surface area contributed by atoms with E-state index in [1.807, 2.05) is 18.5 Å². The molecule has 1 aromatic heterocycles. The van der Waals surface area contributed by atoms with Gasteiger partial charge in [0.15, 0.2) is 0 Å². The van der Waals surface area contributed by atoms with Crippen LogP contribution in [0.5, 0.6) is 0 Å². The number of pyridine rings is 1. The van der Waals surface area contributed by atoms with Crippen LogP contribution in [0.15, 0.2) is 24.5 Å². The molecule has 3 aliphatic heterocycles. The van der Waals surface area contributed by atoms with Gasteiger partial charge in [-0.1, -0.05) is 18.9 Å². The molecular formula is C23H36N4O. The molecule has 1 atom stereocenters. The summed E-state index contributed by atoms with van der Waals surface area (Å²) in [7, 11) is 0. The Balaban J connectivity index is 1.26. The second-order valence-corrected chi connectivity index (χ2v) is 8.94. The van der Waals surface area contributed by atoms with Gasteiger partial charge in [-0.25, -0.2) is 0 Å². The van der Waals surface area contributed by atoms with E-state index in [9.17, 15) is 4.79 Å². The van der Waals surface area contributed by atoms with Crippen LogP contribution in [0.3, 0.4) is 0 Å². The molecule has 3 saturated heterocycles. The Morgan fingerprint density at radius 1 is 0.964 bits per heavy atom. The Labute approximate surface area is 170 Å². The maximum atomic E-state index is 13.1. The van der Waals surface area contributed by atoms with E-state index in [1.165, 1.54) is 57.1 Å². The van der Waals surface area contributed by atoms with E-state index >= 15 is 0 Å². The summed E-state index contributed by atoms with van der Waals surface area (Å²) in [5, 5.41) is 0. The van der Waals surface area contributed by atoms with Gasteiger partial charge < -0.3 is 4.90 Å². The van der Waals surface area contributed by atoms with E-state index in [1.54, 1.807) is 0 Å². The zero-order valence-electron chi connectivity index (χ0n) is 17.3. The third-order valence-corrected chi connectivity index (χ3v) is 6.92. The first kappa shape index (κ1) is 19.8. The van der Waals surface area contributed by atoms with Gasteiger partial charge in [-0.3, -0.25) is 19.6 Å². The van der Waals surface area contributed by atoms with Crippen LogP contribution in [0.1, 0.15) is 56.9 Å². The standard InChI is InChI=1S/C23H36N4O/c28-23(26-12-3-1-2-4-13-26)21-8-6-14-27(19-21)22-9-15-25(16-10-22)18-20-7-5-11-24-17-20/h5,7,11,17,21-22H,1-4,6,8-10,12-16,18-19H2. The highest BCUT2D eigenvalue weighted by molar-refractivity contribution is 5.79. The Kier molecular flexibility index (Phi) is 6.97. The number of likely N-dealkylation sites (tertiary alicyclic amines) is 3. The molecule has 0 aliphatic carbocycles. The lowest BCUT2D eigenvalue weighted by molar-refractivity contribution is -0.137. The van der Waals surface area contributed by atoms with Crippen LogP contribution < -0.4 is 0 Å². The zero-order valence-corrected chi connectivity index (χ0v) is 17.3. The fourth-order valence-electron chi connectivity index (χ4n) is 5.28. The minimum atomic E-state index is 0.236. The maximum Gasteiger partial charge on any atom is 0.226 e. The van der Waals surface area contributed by atoms with Crippen molar-refractivity contribution >= 4 is 5.91 Å². The highest BCUT2D eigenvalue weighted by Gasteiger charge is 2.33. The molecule has 0 saturated carbocycles. The molecule has 5 nitrogen and oxygen atoms in total. The summed E-state index contributed by atoms with van der Waals surface area (Å²) >= 11 is 0. The van der Waals surface area contributed by atoms with Gasteiger partial charge >= 0.3 is 0 Å². The first-order chi connectivity index (χ1) is 13.8. The van der Waals surface area contributed by atoms with Crippen LogP contribution in [0, 0.1) is 5.92 Å². The van der Waals surface area contributed by atoms with Gasteiger partial charge in [0, 0.05) is 44.6 Å². The van der Waals surface area contributed by atoms with Gasteiger partial charge in [0.05, 0.1) is 5.92 Å². The molecule has 5 heteroatoms. The van der Waals surface area contributed by atoms with Crippen LogP contribution in [0.25, 0.3) is 0 Å². The minimum absolute atomic E-state index is 0.236. The van der Waals surface area contributed by atoms with E-state index in [2.05, 4.69) is 25.8 Å². The van der Waals surface area contributed by atoms with Crippen molar-refractivity contribution < 1.29 is 4.79 Å². The molecule has 0 radical (unpaired) electrons. The SMILES string of the molecule is O=C(C1CCCN(C2CCN(Cc3cccnc3)CC2)C1)N1CCCCCC1. The van der Waals surface area contributed by atoms with Crippen molar-refractivity contribution in [2.24, 2.45) is 5.92 Å². The number of carbonyl (C=O) groups excluding carboxylic acids is 1. The topological polar surface area (TPSA) is 39.7 Å². The average Bonchev–Trinajstić information content (AvgIpc) is 3.04. The summed E-state index contributed by atoms with van der Waals surface area (Å²) in [4.78, 5) is 24.7. The van der Waals surface area contributed by atoms with E-state index in [0.29, 0.717) is 11.9 Å². The van der Waals surface area contributed by atoms with Gasteiger partial charge in [-0.05, 0) is 69.8 Å². The van der Waals surface area contributed by atoms with Gasteiger partial charge in [-0.15, -0.1) is 0 Å². The van der Waals surface area contributed by atoms with Crippen molar-refractivity contribution in [3.05, 3.63) is 30.1 Å². The Hall–Kier alpha value is -1.46.